The molecule has 1 heterocycles. The number of carbonyl (C=O) groups excluding carboxylic acids is 1. The van der Waals surface area contributed by atoms with Crippen LogP contribution >= 0.6 is 15.9 Å². The quantitative estimate of drug-likeness (QED) is 0.768. The monoisotopic (exact) mass is 376 g/mol. The van der Waals surface area contributed by atoms with Gasteiger partial charge in [0.25, 0.3) is 0 Å². The molecule has 6 nitrogen and oxygen atoms in total. The number of hydrogen-bond acceptors (Lipinski definition) is 4. The summed E-state index contributed by atoms with van der Waals surface area (Å²) in [6.45, 7) is 1.99. The second kappa shape index (κ2) is 7.35. The van der Waals surface area contributed by atoms with E-state index in [-0.39, 0.29) is 16.1 Å². The van der Waals surface area contributed by atoms with Gasteiger partial charge in [-0.1, -0.05) is 28.1 Å². The van der Waals surface area contributed by atoms with E-state index in [0.717, 1.165) is 5.56 Å². The lowest BCUT2D eigenvalue weighted by atomic mass is 10.2. The van der Waals surface area contributed by atoms with E-state index in [1.165, 1.54) is 4.31 Å². The lowest BCUT2D eigenvalue weighted by molar-refractivity contribution is -0.118. The van der Waals surface area contributed by atoms with Crippen LogP contribution in [0.3, 0.4) is 0 Å². The van der Waals surface area contributed by atoms with Gasteiger partial charge in [0.2, 0.25) is 15.9 Å². The number of halogens is 1. The average Bonchev–Trinajstić information content (AvgIpc) is 2.53. The summed E-state index contributed by atoms with van der Waals surface area (Å²) in [5.74, 6) is -0.111. The van der Waals surface area contributed by atoms with Gasteiger partial charge in [-0.25, -0.2) is 8.42 Å². The number of ether oxygens (including phenoxy) is 1. The maximum Gasteiger partial charge on any atom is 0.243 e. The first-order valence-electron chi connectivity index (χ1n) is 6.53. The molecule has 1 amide bonds. The van der Waals surface area contributed by atoms with Crippen molar-refractivity contribution in [2.45, 2.75) is 11.4 Å². The van der Waals surface area contributed by atoms with Crippen LogP contribution < -0.4 is 5.32 Å². The molecule has 0 unspecified atom stereocenters. The molecule has 2 rings (SSSR count). The lowest BCUT2D eigenvalue weighted by Crippen LogP contribution is -2.40. The van der Waals surface area contributed by atoms with Crippen LogP contribution in [0.2, 0.25) is 0 Å². The summed E-state index contributed by atoms with van der Waals surface area (Å²) in [6.07, 6.45) is 0. The highest BCUT2D eigenvalue weighted by Crippen LogP contribution is 2.17. The summed E-state index contributed by atoms with van der Waals surface area (Å²) < 4.78 is 31.4. The van der Waals surface area contributed by atoms with E-state index in [2.05, 4.69) is 21.2 Å². The Balaban J connectivity index is 2.05. The summed E-state index contributed by atoms with van der Waals surface area (Å²) in [4.78, 5) is 11.4. The standard InChI is InChI=1S/C13H17BrN2O4S/c14-9-13(17)15-10-11-1-3-12(4-2-11)21(18,19)16-5-7-20-8-6-16/h1-4H,5-10H2,(H,15,17). The third kappa shape index (κ3) is 4.26. The lowest BCUT2D eigenvalue weighted by Gasteiger charge is -2.26. The molecular formula is C13H17BrN2O4S. The van der Waals surface area contributed by atoms with Crippen molar-refractivity contribution in [2.75, 3.05) is 31.6 Å². The van der Waals surface area contributed by atoms with Crippen LogP contribution in [0.25, 0.3) is 0 Å². The molecule has 21 heavy (non-hydrogen) atoms. The fourth-order valence-corrected chi connectivity index (χ4v) is 3.57. The van der Waals surface area contributed by atoms with Crippen molar-refractivity contribution in [2.24, 2.45) is 0 Å². The van der Waals surface area contributed by atoms with Gasteiger partial charge < -0.3 is 10.1 Å². The molecule has 1 aliphatic heterocycles. The van der Waals surface area contributed by atoms with Crippen LogP contribution in [-0.4, -0.2) is 50.3 Å². The summed E-state index contributed by atoms with van der Waals surface area (Å²) in [5.41, 5.74) is 0.852. The van der Waals surface area contributed by atoms with Gasteiger partial charge in [0.15, 0.2) is 0 Å². The molecule has 0 aliphatic carbocycles. The Labute approximate surface area is 132 Å². The molecule has 0 spiro atoms. The molecule has 1 saturated heterocycles. The Morgan fingerprint density at radius 3 is 2.43 bits per heavy atom. The molecule has 116 valence electrons. The molecule has 0 saturated carbocycles. The van der Waals surface area contributed by atoms with Gasteiger partial charge in [0, 0.05) is 19.6 Å². The molecule has 1 N–H and O–H groups in total. The highest BCUT2D eigenvalue weighted by molar-refractivity contribution is 9.09. The maximum absolute atomic E-state index is 12.4. The molecule has 0 atom stereocenters. The molecule has 1 aromatic carbocycles. The minimum atomic E-state index is -3.46. The molecule has 1 aromatic rings. The molecule has 0 radical (unpaired) electrons. The van der Waals surface area contributed by atoms with E-state index in [1.807, 2.05) is 0 Å². The van der Waals surface area contributed by atoms with Gasteiger partial charge in [-0.05, 0) is 17.7 Å². The first-order chi connectivity index (χ1) is 10.0. The summed E-state index contributed by atoms with van der Waals surface area (Å²) in [7, 11) is -3.46. The van der Waals surface area contributed by atoms with E-state index in [1.54, 1.807) is 24.3 Å². The molecule has 1 fully saturated rings. The largest absolute Gasteiger partial charge is 0.379 e. The number of nitrogens with one attached hydrogen (secondary N) is 1. The van der Waals surface area contributed by atoms with E-state index in [9.17, 15) is 13.2 Å². The zero-order valence-corrected chi connectivity index (χ0v) is 13.8. The van der Waals surface area contributed by atoms with Crippen molar-refractivity contribution in [3.63, 3.8) is 0 Å². The zero-order valence-electron chi connectivity index (χ0n) is 11.4. The third-order valence-electron chi connectivity index (χ3n) is 3.14. The van der Waals surface area contributed by atoms with E-state index >= 15 is 0 Å². The second-order valence-electron chi connectivity index (χ2n) is 4.57. The number of benzene rings is 1. The Hall–Kier alpha value is -0.960. The highest BCUT2D eigenvalue weighted by atomic mass is 79.9. The van der Waals surface area contributed by atoms with E-state index in [0.29, 0.717) is 32.8 Å². The fraction of sp³-hybridized carbons (Fsp3) is 0.462. The normalized spacial score (nSPS) is 16.6. The van der Waals surface area contributed by atoms with Gasteiger partial charge in [-0.3, -0.25) is 4.79 Å². The number of morpholine rings is 1. The van der Waals surface area contributed by atoms with Crippen molar-refractivity contribution >= 4 is 31.9 Å². The van der Waals surface area contributed by atoms with Crippen LogP contribution in [0.1, 0.15) is 5.56 Å². The smallest absolute Gasteiger partial charge is 0.243 e. The first-order valence-corrected chi connectivity index (χ1v) is 9.09. The van der Waals surface area contributed by atoms with Crippen molar-refractivity contribution in [1.29, 1.82) is 0 Å². The predicted molar refractivity (Wildman–Crippen MR) is 81.7 cm³/mol. The number of amides is 1. The van der Waals surface area contributed by atoms with E-state index < -0.39 is 10.0 Å². The van der Waals surface area contributed by atoms with Gasteiger partial charge in [0.05, 0.1) is 23.4 Å². The number of hydrogen-bond donors (Lipinski definition) is 1. The van der Waals surface area contributed by atoms with Gasteiger partial charge in [0.1, 0.15) is 0 Å². The van der Waals surface area contributed by atoms with Crippen LogP contribution in [0.15, 0.2) is 29.2 Å². The number of sulfonamides is 1. The van der Waals surface area contributed by atoms with Gasteiger partial charge in [-0.15, -0.1) is 0 Å². The second-order valence-corrected chi connectivity index (χ2v) is 7.07. The summed E-state index contributed by atoms with van der Waals surface area (Å²) in [5, 5.41) is 2.95. The maximum atomic E-state index is 12.4. The Kier molecular flexibility index (Phi) is 5.74. The fourth-order valence-electron chi connectivity index (χ4n) is 1.96. The molecule has 8 heteroatoms. The number of alkyl halides is 1. The minimum Gasteiger partial charge on any atom is -0.379 e. The van der Waals surface area contributed by atoms with Gasteiger partial charge >= 0.3 is 0 Å². The number of rotatable bonds is 5. The van der Waals surface area contributed by atoms with Crippen molar-refractivity contribution in [3.05, 3.63) is 29.8 Å². The van der Waals surface area contributed by atoms with Crippen LogP contribution in [0.5, 0.6) is 0 Å². The van der Waals surface area contributed by atoms with E-state index in [4.69, 9.17) is 4.74 Å². The molecular weight excluding hydrogens is 360 g/mol. The van der Waals surface area contributed by atoms with Crippen LogP contribution in [0, 0.1) is 0 Å². The van der Waals surface area contributed by atoms with Crippen molar-refractivity contribution in [1.82, 2.24) is 9.62 Å². The predicted octanol–water partition coefficient (Wildman–Crippen LogP) is 0.719. The highest BCUT2D eigenvalue weighted by Gasteiger charge is 2.25. The van der Waals surface area contributed by atoms with Crippen molar-refractivity contribution < 1.29 is 17.9 Å². The Morgan fingerprint density at radius 2 is 1.86 bits per heavy atom. The zero-order chi connectivity index (χ0) is 15.3. The van der Waals surface area contributed by atoms with Crippen molar-refractivity contribution in [3.8, 4) is 0 Å². The number of carbonyl (C=O) groups is 1. The molecule has 0 bridgehead atoms. The molecule has 0 aromatic heterocycles. The van der Waals surface area contributed by atoms with Crippen LogP contribution in [-0.2, 0) is 26.1 Å². The Bertz CT molecular complexity index is 583. The minimum absolute atomic E-state index is 0.111. The first kappa shape index (κ1) is 16.4. The average molecular weight is 377 g/mol. The third-order valence-corrected chi connectivity index (χ3v) is 5.56. The molecule has 1 aliphatic rings. The summed E-state index contributed by atoms with van der Waals surface area (Å²) in [6, 6.07) is 6.56. The van der Waals surface area contributed by atoms with Gasteiger partial charge in [-0.2, -0.15) is 4.31 Å². The Morgan fingerprint density at radius 1 is 1.24 bits per heavy atom. The topological polar surface area (TPSA) is 75.7 Å². The van der Waals surface area contributed by atoms with Crippen LogP contribution in [0.4, 0.5) is 0 Å². The number of nitrogens with zero attached hydrogens (tertiary/aromatic N) is 1. The SMILES string of the molecule is O=C(CBr)NCc1ccc(S(=O)(=O)N2CCOCC2)cc1. The summed E-state index contributed by atoms with van der Waals surface area (Å²) >= 11 is 3.06.